The molecule has 2 aromatic rings. The fourth-order valence-electron chi connectivity index (χ4n) is 4.60. The molecule has 0 spiro atoms. The number of fused-ring (bicyclic) bond motifs is 2. The molecule has 29 heavy (non-hydrogen) atoms. The van der Waals surface area contributed by atoms with Crippen molar-refractivity contribution >= 4 is 40.2 Å². The fourth-order valence-corrected chi connectivity index (χ4v) is 4.75. The van der Waals surface area contributed by atoms with Gasteiger partial charge in [0.15, 0.2) is 11.5 Å². The molecule has 1 aromatic heterocycles. The van der Waals surface area contributed by atoms with Crippen LogP contribution in [0.4, 0.5) is 11.8 Å². The third-order valence-corrected chi connectivity index (χ3v) is 6.22. The molecule has 1 aromatic carbocycles. The number of amides is 1. The maximum absolute atomic E-state index is 12.3. The number of hydrogen-bond acceptors (Lipinski definition) is 7. The highest BCUT2D eigenvalue weighted by Gasteiger charge is 2.41. The van der Waals surface area contributed by atoms with Gasteiger partial charge in [0.25, 0.3) is 0 Å². The van der Waals surface area contributed by atoms with Crippen LogP contribution in [0.5, 0.6) is 11.5 Å². The lowest BCUT2D eigenvalue weighted by molar-refractivity contribution is -0.132. The number of benzene rings is 1. The predicted octanol–water partition coefficient (Wildman–Crippen LogP) is 2.43. The van der Waals surface area contributed by atoms with Crippen molar-refractivity contribution in [2.24, 2.45) is 0 Å². The second kappa shape index (κ2) is 8.10. The van der Waals surface area contributed by atoms with Crippen molar-refractivity contribution in [1.82, 2.24) is 14.9 Å². The SMILES string of the molecule is COc1cc2nc(N3CCN(C(=O)CCl)[C@@H]4CCCC[C@@H]43)nc(N)c2cc1OC. The third-order valence-electron chi connectivity index (χ3n) is 5.99. The minimum atomic E-state index is -0.000934. The van der Waals surface area contributed by atoms with Gasteiger partial charge in [0.2, 0.25) is 11.9 Å². The number of rotatable bonds is 4. The molecule has 1 amide bonds. The topological polar surface area (TPSA) is 93.8 Å². The Kier molecular flexibility index (Phi) is 5.54. The Morgan fingerprint density at radius 2 is 1.83 bits per heavy atom. The molecular weight excluding hydrogens is 394 g/mol. The Morgan fingerprint density at radius 1 is 1.14 bits per heavy atom. The fraction of sp³-hybridized carbons (Fsp3) is 0.550. The number of aromatic nitrogens is 2. The maximum Gasteiger partial charge on any atom is 0.237 e. The minimum Gasteiger partial charge on any atom is -0.493 e. The Hall–Kier alpha value is -2.48. The molecule has 1 saturated carbocycles. The van der Waals surface area contributed by atoms with Gasteiger partial charge in [-0.25, -0.2) is 4.98 Å². The molecule has 2 N–H and O–H groups in total. The predicted molar refractivity (Wildman–Crippen MR) is 113 cm³/mol. The van der Waals surface area contributed by atoms with Crippen LogP contribution >= 0.6 is 11.6 Å². The molecule has 2 heterocycles. The monoisotopic (exact) mass is 419 g/mol. The molecule has 0 radical (unpaired) electrons. The summed E-state index contributed by atoms with van der Waals surface area (Å²) in [5, 5.41) is 0.725. The zero-order valence-corrected chi connectivity index (χ0v) is 17.5. The first kappa shape index (κ1) is 19.8. The first-order valence-electron chi connectivity index (χ1n) is 9.88. The number of anilines is 2. The average molecular weight is 420 g/mol. The number of ether oxygens (including phenoxy) is 2. The van der Waals surface area contributed by atoms with Crippen LogP contribution in [0.2, 0.25) is 0 Å². The quantitative estimate of drug-likeness (QED) is 0.760. The van der Waals surface area contributed by atoms with Crippen LogP contribution in [0.25, 0.3) is 10.9 Å². The number of alkyl halides is 1. The standard InChI is InChI=1S/C20H26ClN5O3/c1-28-16-9-12-13(10-17(16)29-2)23-20(24-19(12)22)26-8-7-25(18(27)11-21)14-5-3-4-6-15(14)26/h9-10,14-15H,3-8,11H2,1-2H3,(H2,22,23,24)/t14-,15+/m1/s1. The van der Waals surface area contributed by atoms with E-state index in [0.717, 1.165) is 31.1 Å². The smallest absolute Gasteiger partial charge is 0.237 e. The van der Waals surface area contributed by atoms with Gasteiger partial charge < -0.3 is 25.0 Å². The van der Waals surface area contributed by atoms with Gasteiger partial charge in [0.1, 0.15) is 11.7 Å². The van der Waals surface area contributed by atoms with Gasteiger partial charge >= 0.3 is 0 Å². The number of carbonyl (C=O) groups excluding carboxylic acids is 1. The number of halogens is 1. The van der Waals surface area contributed by atoms with Crippen molar-refractivity contribution in [2.75, 3.05) is 43.8 Å². The maximum atomic E-state index is 12.3. The highest BCUT2D eigenvalue weighted by Crippen LogP contribution is 2.36. The Labute approximate surface area is 174 Å². The molecule has 1 saturated heterocycles. The number of methoxy groups -OCH3 is 2. The van der Waals surface area contributed by atoms with Crippen LogP contribution in [0.1, 0.15) is 25.7 Å². The summed E-state index contributed by atoms with van der Waals surface area (Å²) in [6.07, 6.45) is 4.19. The molecule has 2 atom stereocenters. The van der Waals surface area contributed by atoms with Crippen molar-refractivity contribution < 1.29 is 14.3 Å². The lowest BCUT2D eigenvalue weighted by Crippen LogP contribution is -2.62. The van der Waals surface area contributed by atoms with E-state index < -0.39 is 0 Å². The van der Waals surface area contributed by atoms with Gasteiger partial charge in [0, 0.05) is 24.5 Å². The highest BCUT2D eigenvalue weighted by atomic mass is 35.5. The Bertz CT molecular complexity index is 925. The van der Waals surface area contributed by atoms with E-state index in [4.69, 9.17) is 31.8 Å². The summed E-state index contributed by atoms with van der Waals surface area (Å²) >= 11 is 5.84. The second-order valence-electron chi connectivity index (χ2n) is 7.47. The van der Waals surface area contributed by atoms with Crippen LogP contribution in [0.15, 0.2) is 12.1 Å². The van der Waals surface area contributed by atoms with Gasteiger partial charge in [-0.2, -0.15) is 4.98 Å². The lowest BCUT2D eigenvalue weighted by atomic mass is 9.86. The summed E-state index contributed by atoms with van der Waals surface area (Å²) in [6, 6.07) is 3.92. The van der Waals surface area contributed by atoms with Crippen LogP contribution < -0.4 is 20.1 Å². The molecule has 156 valence electrons. The van der Waals surface area contributed by atoms with Crippen molar-refractivity contribution in [3.8, 4) is 11.5 Å². The molecule has 0 bridgehead atoms. The van der Waals surface area contributed by atoms with E-state index >= 15 is 0 Å². The number of piperazine rings is 1. The van der Waals surface area contributed by atoms with Gasteiger partial charge in [0.05, 0.1) is 31.8 Å². The molecule has 4 rings (SSSR count). The number of carbonyl (C=O) groups is 1. The summed E-state index contributed by atoms with van der Waals surface area (Å²) in [5.41, 5.74) is 6.99. The van der Waals surface area contributed by atoms with Gasteiger partial charge in [-0.1, -0.05) is 12.8 Å². The largest absolute Gasteiger partial charge is 0.493 e. The molecule has 2 fully saturated rings. The van der Waals surface area contributed by atoms with Crippen LogP contribution in [0, 0.1) is 0 Å². The second-order valence-corrected chi connectivity index (χ2v) is 7.73. The van der Waals surface area contributed by atoms with E-state index in [-0.39, 0.29) is 23.9 Å². The summed E-state index contributed by atoms with van der Waals surface area (Å²) in [5.74, 6) is 2.19. The van der Waals surface area contributed by atoms with Gasteiger partial charge in [-0.05, 0) is 18.9 Å². The van der Waals surface area contributed by atoms with Crippen molar-refractivity contribution in [3.05, 3.63) is 12.1 Å². The number of nitrogens with zero attached hydrogens (tertiary/aromatic N) is 4. The number of hydrogen-bond donors (Lipinski definition) is 1. The Balaban J connectivity index is 1.73. The van der Waals surface area contributed by atoms with E-state index in [1.54, 1.807) is 20.3 Å². The molecule has 0 unspecified atom stereocenters. The van der Waals surface area contributed by atoms with Crippen molar-refractivity contribution in [2.45, 2.75) is 37.8 Å². The van der Waals surface area contributed by atoms with E-state index in [1.807, 2.05) is 11.0 Å². The summed E-state index contributed by atoms with van der Waals surface area (Å²) in [4.78, 5) is 25.9. The van der Waals surface area contributed by atoms with E-state index in [0.29, 0.717) is 41.9 Å². The average Bonchev–Trinajstić information content (AvgIpc) is 2.76. The molecule has 8 nitrogen and oxygen atoms in total. The van der Waals surface area contributed by atoms with Crippen molar-refractivity contribution in [1.29, 1.82) is 0 Å². The summed E-state index contributed by atoms with van der Waals surface area (Å²) in [6.45, 7) is 1.27. The molecule has 1 aliphatic carbocycles. The molecule has 2 aliphatic rings. The van der Waals surface area contributed by atoms with Gasteiger partial charge in [-0.3, -0.25) is 4.79 Å². The number of nitrogens with two attached hydrogens (primary N) is 1. The first-order valence-corrected chi connectivity index (χ1v) is 10.4. The zero-order chi connectivity index (χ0) is 20.5. The first-order chi connectivity index (χ1) is 14.1. The summed E-state index contributed by atoms with van der Waals surface area (Å²) in [7, 11) is 3.18. The Morgan fingerprint density at radius 3 is 2.52 bits per heavy atom. The molecule has 1 aliphatic heterocycles. The summed E-state index contributed by atoms with van der Waals surface area (Å²) < 4.78 is 10.8. The third kappa shape index (κ3) is 3.50. The van der Waals surface area contributed by atoms with Gasteiger partial charge in [-0.15, -0.1) is 11.6 Å². The van der Waals surface area contributed by atoms with Crippen LogP contribution in [-0.4, -0.2) is 66.0 Å². The van der Waals surface area contributed by atoms with Crippen LogP contribution in [0.3, 0.4) is 0 Å². The zero-order valence-electron chi connectivity index (χ0n) is 16.7. The number of nitrogen functional groups attached to an aromatic ring is 1. The highest BCUT2D eigenvalue weighted by molar-refractivity contribution is 6.27. The lowest BCUT2D eigenvalue weighted by Gasteiger charge is -2.49. The van der Waals surface area contributed by atoms with Crippen molar-refractivity contribution in [3.63, 3.8) is 0 Å². The minimum absolute atomic E-state index is 0.000934. The molecular formula is C20H26ClN5O3. The van der Waals surface area contributed by atoms with E-state index in [1.165, 1.54) is 0 Å². The van der Waals surface area contributed by atoms with E-state index in [9.17, 15) is 4.79 Å². The normalized spacial score (nSPS) is 21.8. The van der Waals surface area contributed by atoms with E-state index in [2.05, 4.69) is 9.88 Å². The van der Waals surface area contributed by atoms with Crippen LogP contribution in [-0.2, 0) is 4.79 Å². The molecule has 9 heteroatoms.